The summed E-state index contributed by atoms with van der Waals surface area (Å²) in [6.07, 6.45) is 4.68. The number of amides is 1. The molecule has 3 aromatic rings. The van der Waals surface area contributed by atoms with Gasteiger partial charge < -0.3 is 20.5 Å². The molecule has 0 spiro atoms. The molecule has 0 radical (unpaired) electrons. The van der Waals surface area contributed by atoms with Crippen LogP contribution in [0.4, 0.5) is 5.82 Å². The molecule has 2 aliphatic rings. The topological polar surface area (TPSA) is 108 Å². The second-order valence-corrected chi connectivity index (χ2v) is 8.29. The minimum atomic E-state index is -0.577. The number of Topliss-reactive ketones (excluding diaryl/α,β-unsaturated/α-hetero) is 1. The molecule has 3 N–H and O–H groups in total. The molecular formula is C25H24N4O4. The van der Waals surface area contributed by atoms with Crippen LogP contribution >= 0.6 is 0 Å². The Morgan fingerprint density at radius 3 is 2.73 bits per heavy atom. The first-order valence-corrected chi connectivity index (χ1v) is 10.9. The molecule has 2 heterocycles. The Morgan fingerprint density at radius 2 is 1.97 bits per heavy atom. The van der Waals surface area contributed by atoms with Gasteiger partial charge in [0.25, 0.3) is 5.91 Å². The number of carbonyl (C=O) groups excluding carboxylic acids is 2. The third-order valence-corrected chi connectivity index (χ3v) is 5.72. The van der Waals surface area contributed by atoms with E-state index >= 15 is 0 Å². The molecule has 1 saturated carbocycles. The molecule has 2 aromatic carbocycles. The summed E-state index contributed by atoms with van der Waals surface area (Å²) in [5.41, 5.74) is 9.57. The zero-order valence-corrected chi connectivity index (χ0v) is 18.2. The third-order valence-electron chi connectivity index (χ3n) is 5.72. The van der Waals surface area contributed by atoms with Gasteiger partial charge in [-0.25, -0.2) is 4.68 Å². The van der Waals surface area contributed by atoms with Crippen LogP contribution in [0.1, 0.15) is 44.7 Å². The standard InChI is InChI=1S/C25H24N4O4/c1-15-7-8-17(25(31)28-18-9-10-18)12-20(15)29-24(26)19(13-27-29)23(30)21-14-32-22(33-21)11-16-5-3-2-4-6-16/h2-8,12-14,18,22H,9-11,26H2,1H3,(H,28,31). The molecule has 8 heteroatoms. The fraction of sp³-hybridized carbons (Fsp3) is 0.240. The Bertz CT molecular complexity index is 1240. The van der Waals surface area contributed by atoms with Gasteiger partial charge in [0.1, 0.15) is 12.1 Å². The van der Waals surface area contributed by atoms with E-state index in [1.54, 1.807) is 12.1 Å². The van der Waals surface area contributed by atoms with Crippen LogP contribution in [0.3, 0.4) is 0 Å². The number of hydrogen-bond donors (Lipinski definition) is 2. The smallest absolute Gasteiger partial charge is 0.251 e. The van der Waals surface area contributed by atoms with Crippen molar-refractivity contribution in [1.82, 2.24) is 15.1 Å². The van der Waals surface area contributed by atoms with Crippen LogP contribution in [0.25, 0.3) is 5.69 Å². The van der Waals surface area contributed by atoms with E-state index in [0.29, 0.717) is 17.7 Å². The largest absolute Gasteiger partial charge is 0.458 e. The van der Waals surface area contributed by atoms with E-state index in [2.05, 4.69) is 10.4 Å². The Balaban J connectivity index is 1.33. The average molecular weight is 444 g/mol. The van der Waals surface area contributed by atoms with Crippen LogP contribution in [0.15, 0.2) is 66.7 Å². The highest BCUT2D eigenvalue weighted by atomic mass is 16.7. The quantitative estimate of drug-likeness (QED) is 0.542. The molecule has 1 fully saturated rings. The van der Waals surface area contributed by atoms with Crippen molar-refractivity contribution in [3.05, 3.63) is 89.0 Å². The van der Waals surface area contributed by atoms with Crippen molar-refractivity contribution in [2.75, 3.05) is 5.73 Å². The van der Waals surface area contributed by atoms with E-state index in [9.17, 15) is 9.59 Å². The van der Waals surface area contributed by atoms with Crippen LogP contribution in [0, 0.1) is 6.92 Å². The number of ketones is 1. The minimum absolute atomic E-state index is 0.0801. The van der Waals surface area contributed by atoms with Crippen LogP contribution in [-0.4, -0.2) is 33.8 Å². The van der Waals surface area contributed by atoms with E-state index in [4.69, 9.17) is 15.2 Å². The highest BCUT2D eigenvalue weighted by Crippen LogP contribution is 2.27. The van der Waals surface area contributed by atoms with Gasteiger partial charge in [-0.1, -0.05) is 36.4 Å². The van der Waals surface area contributed by atoms with Crippen LogP contribution < -0.4 is 11.1 Å². The Labute approximate surface area is 191 Å². The summed E-state index contributed by atoms with van der Waals surface area (Å²) in [5.74, 6) is -0.295. The number of carbonyl (C=O) groups is 2. The molecule has 1 aromatic heterocycles. The van der Waals surface area contributed by atoms with E-state index in [1.807, 2.05) is 43.3 Å². The second-order valence-electron chi connectivity index (χ2n) is 8.29. The lowest BCUT2D eigenvalue weighted by molar-refractivity contribution is -0.0288. The van der Waals surface area contributed by atoms with Crippen LogP contribution in [0.5, 0.6) is 0 Å². The molecular weight excluding hydrogens is 420 g/mol. The molecule has 0 saturated heterocycles. The zero-order valence-electron chi connectivity index (χ0n) is 18.2. The van der Waals surface area contributed by atoms with Gasteiger partial charge in [0.15, 0.2) is 0 Å². The van der Waals surface area contributed by atoms with Crippen LogP contribution in [0.2, 0.25) is 0 Å². The normalized spacial score (nSPS) is 17.1. The van der Waals surface area contributed by atoms with Crippen LogP contribution in [-0.2, 0) is 15.9 Å². The van der Waals surface area contributed by atoms with Gasteiger partial charge in [-0.2, -0.15) is 5.10 Å². The van der Waals surface area contributed by atoms with Crippen molar-refractivity contribution >= 4 is 17.5 Å². The zero-order chi connectivity index (χ0) is 22.9. The molecule has 1 unspecified atom stereocenters. The molecule has 8 nitrogen and oxygen atoms in total. The lowest BCUT2D eigenvalue weighted by Crippen LogP contribution is -2.25. The van der Waals surface area contributed by atoms with Crippen molar-refractivity contribution < 1.29 is 19.1 Å². The predicted octanol–water partition coefficient (Wildman–Crippen LogP) is 3.29. The molecule has 168 valence electrons. The molecule has 33 heavy (non-hydrogen) atoms. The van der Waals surface area contributed by atoms with Crippen molar-refractivity contribution in [3.63, 3.8) is 0 Å². The monoisotopic (exact) mass is 444 g/mol. The highest BCUT2D eigenvalue weighted by molar-refractivity contribution is 6.10. The number of nitrogen functional groups attached to an aromatic ring is 1. The number of aromatic nitrogens is 2. The number of rotatable bonds is 7. The number of benzene rings is 2. The maximum Gasteiger partial charge on any atom is 0.251 e. The number of nitrogens with one attached hydrogen (secondary N) is 1. The van der Waals surface area contributed by atoms with E-state index < -0.39 is 12.1 Å². The summed E-state index contributed by atoms with van der Waals surface area (Å²) < 4.78 is 12.7. The summed E-state index contributed by atoms with van der Waals surface area (Å²) in [6.45, 7) is 1.89. The van der Waals surface area contributed by atoms with Gasteiger partial charge in [0.2, 0.25) is 17.8 Å². The second kappa shape index (κ2) is 8.46. The van der Waals surface area contributed by atoms with E-state index in [-0.39, 0.29) is 29.1 Å². The van der Waals surface area contributed by atoms with E-state index in [0.717, 1.165) is 24.0 Å². The van der Waals surface area contributed by atoms with Crippen molar-refractivity contribution in [3.8, 4) is 5.69 Å². The number of nitrogens with two attached hydrogens (primary N) is 1. The number of allylic oxidation sites excluding steroid dienone is 1. The first-order valence-electron chi connectivity index (χ1n) is 10.9. The van der Waals surface area contributed by atoms with Crippen molar-refractivity contribution in [1.29, 1.82) is 0 Å². The summed E-state index contributed by atoms with van der Waals surface area (Å²) in [6, 6.07) is 15.3. The number of aryl methyl sites for hydroxylation is 1. The molecule has 1 aliphatic carbocycles. The third kappa shape index (κ3) is 4.32. The van der Waals surface area contributed by atoms with Gasteiger partial charge in [-0.05, 0) is 43.0 Å². The molecule has 1 aliphatic heterocycles. The average Bonchev–Trinajstić information content (AvgIpc) is 3.37. The van der Waals surface area contributed by atoms with Gasteiger partial charge in [0.05, 0.1) is 17.4 Å². The lowest BCUT2D eigenvalue weighted by atomic mass is 10.1. The molecule has 1 atom stereocenters. The fourth-order valence-electron chi connectivity index (χ4n) is 3.67. The van der Waals surface area contributed by atoms with Crippen molar-refractivity contribution in [2.45, 2.75) is 38.5 Å². The van der Waals surface area contributed by atoms with Crippen molar-refractivity contribution in [2.24, 2.45) is 0 Å². The molecule has 1 amide bonds. The summed E-state index contributed by atoms with van der Waals surface area (Å²) >= 11 is 0. The number of anilines is 1. The predicted molar refractivity (Wildman–Crippen MR) is 122 cm³/mol. The number of hydrogen-bond acceptors (Lipinski definition) is 6. The minimum Gasteiger partial charge on any atom is -0.458 e. The lowest BCUT2D eigenvalue weighted by Gasteiger charge is -2.12. The number of nitrogens with zero attached hydrogens (tertiary/aromatic N) is 2. The highest BCUT2D eigenvalue weighted by Gasteiger charge is 2.29. The Morgan fingerprint density at radius 1 is 1.18 bits per heavy atom. The summed E-state index contributed by atoms with van der Waals surface area (Å²) in [4.78, 5) is 25.5. The first kappa shape index (κ1) is 20.8. The van der Waals surface area contributed by atoms with E-state index in [1.165, 1.54) is 17.1 Å². The molecule has 5 rings (SSSR count). The van der Waals surface area contributed by atoms with Gasteiger partial charge >= 0.3 is 0 Å². The summed E-state index contributed by atoms with van der Waals surface area (Å²) in [5, 5.41) is 7.29. The fourth-order valence-corrected chi connectivity index (χ4v) is 3.67. The molecule has 0 bridgehead atoms. The van der Waals surface area contributed by atoms with Gasteiger partial charge in [-0.15, -0.1) is 0 Å². The maximum absolute atomic E-state index is 13.0. The Hall–Kier alpha value is -4.07. The first-order chi connectivity index (χ1) is 16.0. The van der Waals surface area contributed by atoms with Gasteiger partial charge in [0, 0.05) is 18.0 Å². The SMILES string of the molecule is Cc1ccc(C(=O)NC2CC2)cc1-n1ncc(C(=O)C2=COC(Cc3ccccc3)O2)c1N. The Kier molecular flexibility index (Phi) is 5.34. The summed E-state index contributed by atoms with van der Waals surface area (Å²) in [7, 11) is 0. The maximum atomic E-state index is 13.0. The number of ether oxygens (including phenoxy) is 2. The van der Waals surface area contributed by atoms with Gasteiger partial charge in [-0.3, -0.25) is 9.59 Å².